The quantitative estimate of drug-likeness (QED) is 0.581. The lowest BCUT2D eigenvalue weighted by Gasteiger charge is -2.36. The standard InChI is InChI=1S/C11H20O5/c1-10(2)15-8-4-5-11(12,7-14-13-3)6-9(8)16-10/h8-9,12H,4-7H2,1-3H3/t8-,9+,11+/m0/s1. The molecule has 1 aliphatic carbocycles. The monoisotopic (exact) mass is 232 g/mol. The van der Waals surface area contributed by atoms with Crippen molar-refractivity contribution in [1.29, 1.82) is 0 Å². The minimum absolute atomic E-state index is 0.0470. The summed E-state index contributed by atoms with van der Waals surface area (Å²) in [7, 11) is 1.44. The molecule has 1 saturated carbocycles. The van der Waals surface area contributed by atoms with Crippen LogP contribution in [0, 0.1) is 0 Å². The average Bonchev–Trinajstić information content (AvgIpc) is 2.48. The normalized spacial score (nSPS) is 42.0. The predicted molar refractivity (Wildman–Crippen MR) is 55.6 cm³/mol. The molecular weight excluding hydrogens is 212 g/mol. The van der Waals surface area contributed by atoms with Crippen molar-refractivity contribution in [3.63, 3.8) is 0 Å². The summed E-state index contributed by atoms with van der Waals surface area (Å²) in [6, 6.07) is 0. The smallest absolute Gasteiger partial charge is 0.163 e. The van der Waals surface area contributed by atoms with Crippen LogP contribution in [0.5, 0.6) is 0 Å². The Bertz CT molecular complexity index is 255. The average molecular weight is 232 g/mol. The predicted octanol–water partition coefficient (Wildman–Crippen LogP) is 1.000. The van der Waals surface area contributed by atoms with Crippen LogP contribution in [0.4, 0.5) is 0 Å². The zero-order valence-corrected chi connectivity index (χ0v) is 10.1. The van der Waals surface area contributed by atoms with E-state index in [9.17, 15) is 5.11 Å². The van der Waals surface area contributed by atoms with Crippen molar-refractivity contribution in [2.45, 2.75) is 56.7 Å². The molecule has 1 N–H and O–H groups in total. The zero-order valence-electron chi connectivity index (χ0n) is 10.1. The summed E-state index contributed by atoms with van der Waals surface area (Å²) in [6.07, 6.45) is 2.02. The number of rotatable bonds is 3. The summed E-state index contributed by atoms with van der Waals surface area (Å²) >= 11 is 0. The highest BCUT2D eigenvalue weighted by Crippen LogP contribution is 2.40. The van der Waals surface area contributed by atoms with Crippen molar-refractivity contribution in [2.24, 2.45) is 0 Å². The van der Waals surface area contributed by atoms with E-state index in [-0.39, 0.29) is 18.8 Å². The Morgan fingerprint density at radius 1 is 1.31 bits per heavy atom. The van der Waals surface area contributed by atoms with Gasteiger partial charge in [-0.15, -0.1) is 0 Å². The number of ether oxygens (including phenoxy) is 2. The second-order valence-electron chi connectivity index (χ2n) is 5.11. The van der Waals surface area contributed by atoms with Crippen LogP contribution in [-0.4, -0.2) is 42.4 Å². The molecule has 5 nitrogen and oxygen atoms in total. The van der Waals surface area contributed by atoms with E-state index >= 15 is 0 Å². The molecule has 5 heteroatoms. The van der Waals surface area contributed by atoms with Crippen LogP contribution in [-0.2, 0) is 19.2 Å². The summed E-state index contributed by atoms with van der Waals surface area (Å²) in [5.41, 5.74) is -0.860. The van der Waals surface area contributed by atoms with Gasteiger partial charge in [0.05, 0.1) is 24.9 Å². The molecule has 16 heavy (non-hydrogen) atoms. The van der Waals surface area contributed by atoms with Crippen molar-refractivity contribution < 1.29 is 24.4 Å². The number of aliphatic hydroxyl groups is 1. The Balaban J connectivity index is 1.95. The Kier molecular flexibility index (Phi) is 3.25. The number of hydrogen-bond acceptors (Lipinski definition) is 5. The first-order valence-electron chi connectivity index (χ1n) is 5.68. The van der Waals surface area contributed by atoms with Gasteiger partial charge in [0.1, 0.15) is 6.61 Å². The van der Waals surface area contributed by atoms with E-state index < -0.39 is 11.4 Å². The minimum Gasteiger partial charge on any atom is -0.387 e. The molecule has 0 aromatic rings. The first kappa shape index (κ1) is 12.3. The Morgan fingerprint density at radius 2 is 2.00 bits per heavy atom. The van der Waals surface area contributed by atoms with E-state index in [2.05, 4.69) is 4.89 Å². The molecule has 3 atom stereocenters. The van der Waals surface area contributed by atoms with Gasteiger partial charge in [0, 0.05) is 6.42 Å². The van der Waals surface area contributed by atoms with Crippen LogP contribution in [0.15, 0.2) is 0 Å². The third-order valence-electron chi connectivity index (χ3n) is 3.21. The maximum atomic E-state index is 10.3. The second-order valence-corrected chi connectivity index (χ2v) is 5.11. The Labute approximate surface area is 95.6 Å². The van der Waals surface area contributed by atoms with Gasteiger partial charge in [-0.2, -0.15) is 0 Å². The summed E-state index contributed by atoms with van der Waals surface area (Å²) in [5.74, 6) is -0.539. The molecule has 2 aliphatic rings. The molecule has 1 heterocycles. The maximum Gasteiger partial charge on any atom is 0.163 e. The van der Waals surface area contributed by atoms with Gasteiger partial charge in [0.15, 0.2) is 5.79 Å². The van der Waals surface area contributed by atoms with Crippen molar-refractivity contribution in [3.8, 4) is 0 Å². The van der Waals surface area contributed by atoms with Crippen LogP contribution >= 0.6 is 0 Å². The van der Waals surface area contributed by atoms with E-state index in [1.54, 1.807) is 0 Å². The molecule has 2 rings (SSSR count). The summed E-state index contributed by atoms with van der Waals surface area (Å²) < 4.78 is 11.5. The zero-order chi connectivity index (χ0) is 11.8. The minimum atomic E-state index is -0.860. The Morgan fingerprint density at radius 3 is 2.69 bits per heavy atom. The molecule has 0 bridgehead atoms. The van der Waals surface area contributed by atoms with Crippen LogP contribution < -0.4 is 0 Å². The van der Waals surface area contributed by atoms with E-state index in [1.165, 1.54) is 7.11 Å². The van der Waals surface area contributed by atoms with Gasteiger partial charge >= 0.3 is 0 Å². The van der Waals surface area contributed by atoms with Gasteiger partial charge in [-0.1, -0.05) is 0 Å². The SMILES string of the molecule is COOC[C@@]1(O)CC[C@@H]2OC(C)(C)O[C@@H]2C1. The molecule has 0 aromatic carbocycles. The molecule has 1 aliphatic heterocycles. The molecule has 0 radical (unpaired) electrons. The third kappa shape index (κ3) is 2.55. The summed E-state index contributed by atoms with van der Waals surface area (Å²) in [5, 5.41) is 10.3. The fourth-order valence-electron chi connectivity index (χ4n) is 2.51. The first-order chi connectivity index (χ1) is 7.44. The molecule has 0 unspecified atom stereocenters. The lowest BCUT2D eigenvalue weighted by Crippen LogP contribution is -2.46. The molecular formula is C11H20O5. The summed E-state index contributed by atoms with van der Waals surface area (Å²) in [4.78, 5) is 9.36. The van der Waals surface area contributed by atoms with Gasteiger partial charge in [-0.05, 0) is 26.7 Å². The lowest BCUT2D eigenvalue weighted by molar-refractivity contribution is -0.302. The van der Waals surface area contributed by atoms with E-state index in [0.29, 0.717) is 12.8 Å². The number of hydrogen-bond donors (Lipinski definition) is 1. The van der Waals surface area contributed by atoms with Gasteiger partial charge in [0.2, 0.25) is 0 Å². The highest BCUT2D eigenvalue weighted by atomic mass is 17.2. The fourth-order valence-corrected chi connectivity index (χ4v) is 2.51. The topological polar surface area (TPSA) is 57.2 Å². The fraction of sp³-hybridized carbons (Fsp3) is 1.00. The second kappa shape index (κ2) is 4.23. The van der Waals surface area contributed by atoms with Crippen molar-refractivity contribution in [1.82, 2.24) is 0 Å². The van der Waals surface area contributed by atoms with E-state index in [0.717, 1.165) is 6.42 Å². The van der Waals surface area contributed by atoms with Gasteiger partial charge in [-0.3, -0.25) is 0 Å². The number of fused-ring (bicyclic) bond motifs is 1. The highest BCUT2D eigenvalue weighted by Gasteiger charge is 2.49. The highest BCUT2D eigenvalue weighted by molar-refractivity contribution is 4.95. The molecule has 0 amide bonds. The third-order valence-corrected chi connectivity index (χ3v) is 3.21. The molecule has 2 fully saturated rings. The maximum absolute atomic E-state index is 10.3. The van der Waals surface area contributed by atoms with Crippen LogP contribution in [0.3, 0.4) is 0 Å². The van der Waals surface area contributed by atoms with Gasteiger partial charge < -0.3 is 14.6 Å². The van der Waals surface area contributed by atoms with Crippen LogP contribution in [0.2, 0.25) is 0 Å². The van der Waals surface area contributed by atoms with Crippen molar-refractivity contribution in [2.75, 3.05) is 13.7 Å². The Hall–Kier alpha value is -0.200. The molecule has 0 spiro atoms. The van der Waals surface area contributed by atoms with Gasteiger partial charge in [0.25, 0.3) is 0 Å². The van der Waals surface area contributed by atoms with E-state index in [4.69, 9.17) is 14.4 Å². The molecule has 0 aromatic heterocycles. The first-order valence-corrected chi connectivity index (χ1v) is 5.68. The van der Waals surface area contributed by atoms with Crippen LogP contribution in [0.25, 0.3) is 0 Å². The molecule has 94 valence electrons. The van der Waals surface area contributed by atoms with Crippen molar-refractivity contribution in [3.05, 3.63) is 0 Å². The van der Waals surface area contributed by atoms with Crippen molar-refractivity contribution >= 4 is 0 Å². The van der Waals surface area contributed by atoms with Gasteiger partial charge in [-0.25, -0.2) is 9.78 Å². The largest absolute Gasteiger partial charge is 0.387 e. The van der Waals surface area contributed by atoms with Crippen LogP contribution in [0.1, 0.15) is 33.1 Å². The summed E-state index contributed by atoms with van der Waals surface area (Å²) in [6.45, 7) is 3.97. The molecule has 1 saturated heterocycles. The lowest BCUT2D eigenvalue weighted by atomic mass is 9.82. The van der Waals surface area contributed by atoms with E-state index in [1.807, 2.05) is 13.8 Å².